The van der Waals surface area contributed by atoms with Crippen molar-refractivity contribution in [2.75, 3.05) is 0 Å². The van der Waals surface area contributed by atoms with Gasteiger partial charge in [0.15, 0.2) is 0 Å². The number of carbonyl (C=O) groups is 1. The van der Waals surface area contributed by atoms with Crippen LogP contribution in [0.5, 0.6) is 0 Å². The van der Waals surface area contributed by atoms with E-state index in [0.717, 1.165) is 6.42 Å². The maximum Gasteiger partial charge on any atom is 0.133 e. The summed E-state index contributed by atoms with van der Waals surface area (Å²) in [5.74, 6) is 1.17. The highest BCUT2D eigenvalue weighted by Gasteiger charge is 2.41. The van der Waals surface area contributed by atoms with Gasteiger partial charge in [0.1, 0.15) is 5.78 Å². The van der Waals surface area contributed by atoms with E-state index in [4.69, 9.17) is 0 Å². The molecule has 0 heterocycles. The lowest BCUT2D eigenvalue weighted by atomic mass is 10.1. The van der Waals surface area contributed by atoms with Crippen molar-refractivity contribution in [3.05, 3.63) is 35.9 Å². The SMILES string of the molecule is CC(=O)[C@H]1C[C@@H]1c1ccccc1. The summed E-state index contributed by atoms with van der Waals surface area (Å²) in [7, 11) is 0. The quantitative estimate of drug-likeness (QED) is 0.649. The first-order chi connectivity index (χ1) is 5.79. The summed E-state index contributed by atoms with van der Waals surface area (Å²) in [5, 5.41) is 0. The van der Waals surface area contributed by atoms with Crippen LogP contribution in [-0.2, 0) is 4.79 Å². The zero-order valence-corrected chi connectivity index (χ0v) is 7.16. The highest BCUT2D eigenvalue weighted by molar-refractivity contribution is 5.82. The molecule has 0 saturated heterocycles. The number of Topliss-reactive ketones (excluding diaryl/α,β-unsaturated/α-hetero) is 1. The maximum atomic E-state index is 11.0. The molecule has 1 aliphatic rings. The lowest BCUT2D eigenvalue weighted by Crippen LogP contribution is -1.94. The Morgan fingerprint density at radius 2 is 2.00 bits per heavy atom. The van der Waals surface area contributed by atoms with E-state index >= 15 is 0 Å². The van der Waals surface area contributed by atoms with Gasteiger partial charge in [0.2, 0.25) is 0 Å². The molecule has 12 heavy (non-hydrogen) atoms. The van der Waals surface area contributed by atoms with Gasteiger partial charge in [-0.3, -0.25) is 4.79 Å². The average Bonchev–Trinajstić information content (AvgIpc) is 2.84. The molecule has 1 heteroatoms. The molecule has 0 radical (unpaired) electrons. The first-order valence-electron chi connectivity index (χ1n) is 4.34. The molecule has 1 nitrogen and oxygen atoms in total. The molecule has 0 spiro atoms. The molecular weight excluding hydrogens is 148 g/mol. The lowest BCUT2D eigenvalue weighted by Gasteiger charge is -1.96. The second-order valence-electron chi connectivity index (χ2n) is 3.47. The molecule has 0 amide bonds. The van der Waals surface area contributed by atoms with Gasteiger partial charge in [0.05, 0.1) is 0 Å². The largest absolute Gasteiger partial charge is 0.300 e. The number of hydrogen-bond acceptors (Lipinski definition) is 1. The normalized spacial score (nSPS) is 26.8. The highest BCUT2D eigenvalue weighted by atomic mass is 16.1. The van der Waals surface area contributed by atoms with Crippen LogP contribution in [0.1, 0.15) is 24.8 Å². The Hall–Kier alpha value is -1.11. The molecule has 1 fully saturated rings. The molecule has 0 bridgehead atoms. The average molecular weight is 160 g/mol. The van der Waals surface area contributed by atoms with Gasteiger partial charge in [-0.25, -0.2) is 0 Å². The fraction of sp³-hybridized carbons (Fsp3) is 0.364. The van der Waals surface area contributed by atoms with E-state index in [2.05, 4.69) is 12.1 Å². The van der Waals surface area contributed by atoms with Crippen molar-refractivity contribution in [1.82, 2.24) is 0 Å². The Kier molecular flexibility index (Phi) is 1.72. The third kappa shape index (κ3) is 1.27. The van der Waals surface area contributed by atoms with Crippen LogP contribution >= 0.6 is 0 Å². The number of carbonyl (C=O) groups excluding carboxylic acids is 1. The van der Waals surface area contributed by atoms with Crippen molar-refractivity contribution in [3.8, 4) is 0 Å². The van der Waals surface area contributed by atoms with E-state index in [1.54, 1.807) is 6.92 Å². The minimum atomic E-state index is 0.312. The van der Waals surface area contributed by atoms with Crippen molar-refractivity contribution in [2.45, 2.75) is 19.3 Å². The summed E-state index contributed by atoms with van der Waals surface area (Å²) in [4.78, 5) is 11.0. The summed E-state index contributed by atoms with van der Waals surface area (Å²) in [6.07, 6.45) is 1.05. The van der Waals surface area contributed by atoms with Crippen LogP contribution in [0.2, 0.25) is 0 Å². The molecule has 0 aliphatic heterocycles. The zero-order valence-electron chi connectivity index (χ0n) is 7.16. The van der Waals surface area contributed by atoms with Crippen molar-refractivity contribution in [1.29, 1.82) is 0 Å². The Morgan fingerprint density at radius 1 is 1.33 bits per heavy atom. The van der Waals surface area contributed by atoms with Gasteiger partial charge >= 0.3 is 0 Å². The molecular formula is C11H12O. The summed E-state index contributed by atoms with van der Waals surface area (Å²) in [6.45, 7) is 1.69. The van der Waals surface area contributed by atoms with Gasteiger partial charge < -0.3 is 0 Å². The Labute approximate surface area is 72.4 Å². The van der Waals surface area contributed by atoms with Crippen LogP contribution < -0.4 is 0 Å². The second-order valence-corrected chi connectivity index (χ2v) is 3.47. The minimum Gasteiger partial charge on any atom is -0.300 e. The maximum absolute atomic E-state index is 11.0. The predicted octanol–water partition coefficient (Wildman–Crippen LogP) is 2.38. The molecule has 62 valence electrons. The van der Waals surface area contributed by atoms with Crippen molar-refractivity contribution >= 4 is 5.78 Å². The Balaban J connectivity index is 2.11. The van der Waals surface area contributed by atoms with E-state index in [9.17, 15) is 4.79 Å². The lowest BCUT2D eigenvalue weighted by molar-refractivity contribution is -0.118. The van der Waals surface area contributed by atoms with Crippen LogP contribution in [-0.4, -0.2) is 5.78 Å². The van der Waals surface area contributed by atoms with Gasteiger partial charge in [-0.2, -0.15) is 0 Å². The van der Waals surface area contributed by atoms with Crippen LogP contribution in [0.25, 0.3) is 0 Å². The molecule has 2 atom stereocenters. The molecule has 0 unspecified atom stereocenters. The first-order valence-corrected chi connectivity index (χ1v) is 4.34. The smallest absolute Gasteiger partial charge is 0.133 e. The summed E-state index contributed by atoms with van der Waals surface area (Å²) < 4.78 is 0. The standard InChI is InChI=1S/C11H12O/c1-8(12)10-7-11(10)9-5-3-2-4-6-9/h2-6,10-11H,7H2,1H3/t10-,11-/m1/s1. The van der Waals surface area contributed by atoms with Crippen molar-refractivity contribution in [3.63, 3.8) is 0 Å². The summed E-state index contributed by atoms with van der Waals surface area (Å²) >= 11 is 0. The van der Waals surface area contributed by atoms with Crippen molar-refractivity contribution < 1.29 is 4.79 Å². The molecule has 1 aromatic carbocycles. The number of rotatable bonds is 2. The van der Waals surface area contributed by atoms with E-state index in [-0.39, 0.29) is 0 Å². The molecule has 0 aromatic heterocycles. The predicted molar refractivity (Wildman–Crippen MR) is 48.0 cm³/mol. The third-order valence-corrected chi connectivity index (χ3v) is 2.54. The van der Waals surface area contributed by atoms with Crippen LogP contribution in [0.4, 0.5) is 0 Å². The fourth-order valence-electron chi connectivity index (χ4n) is 1.71. The van der Waals surface area contributed by atoms with Crippen molar-refractivity contribution in [2.24, 2.45) is 5.92 Å². The van der Waals surface area contributed by atoms with Crippen LogP contribution in [0, 0.1) is 5.92 Å². The van der Waals surface area contributed by atoms with E-state index in [1.807, 2.05) is 18.2 Å². The van der Waals surface area contributed by atoms with Gasteiger partial charge in [-0.15, -0.1) is 0 Å². The van der Waals surface area contributed by atoms with Crippen LogP contribution in [0.15, 0.2) is 30.3 Å². The third-order valence-electron chi connectivity index (χ3n) is 2.54. The molecule has 0 N–H and O–H groups in total. The second kappa shape index (κ2) is 2.74. The van der Waals surface area contributed by atoms with Gasteiger partial charge in [-0.1, -0.05) is 30.3 Å². The van der Waals surface area contributed by atoms with E-state index in [1.165, 1.54) is 5.56 Å². The number of ketones is 1. The first kappa shape index (κ1) is 7.53. The number of hydrogen-bond donors (Lipinski definition) is 0. The molecule has 1 saturated carbocycles. The summed E-state index contributed by atoms with van der Waals surface area (Å²) in [5.41, 5.74) is 1.32. The van der Waals surface area contributed by atoms with Gasteiger partial charge in [-0.05, 0) is 24.8 Å². The van der Waals surface area contributed by atoms with Gasteiger partial charge in [0.25, 0.3) is 0 Å². The fourth-order valence-corrected chi connectivity index (χ4v) is 1.71. The summed E-state index contributed by atoms with van der Waals surface area (Å²) in [6, 6.07) is 10.3. The monoisotopic (exact) mass is 160 g/mol. The zero-order chi connectivity index (χ0) is 8.55. The molecule has 1 aromatic rings. The molecule has 2 rings (SSSR count). The topological polar surface area (TPSA) is 17.1 Å². The van der Waals surface area contributed by atoms with E-state index in [0.29, 0.717) is 17.6 Å². The number of benzene rings is 1. The van der Waals surface area contributed by atoms with Crippen LogP contribution in [0.3, 0.4) is 0 Å². The minimum absolute atomic E-state index is 0.312. The van der Waals surface area contributed by atoms with E-state index < -0.39 is 0 Å². The van der Waals surface area contributed by atoms with Gasteiger partial charge in [0, 0.05) is 5.92 Å². The molecule has 1 aliphatic carbocycles. The highest BCUT2D eigenvalue weighted by Crippen LogP contribution is 2.47. The Bertz CT molecular complexity index is 289. The Morgan fingerprint density at radius 3 is 2.50 bits per heavy atom.